The number of hydrogen-bond donors (Lipinski definition) is 0. The number of amidine groups is 1. The van der Waals surface area contributed by atoms with Crippen LogP contribution in [0.2, 0.25) is 5.02 Å². The van der Waals surface area contributed by atoms with E-state index >= 15 is 0 Å². The maximum absolute atomic E-state index is 12.9. The minimum absolute atomic E-state index is 0.0416. The van der Waals surface area contributed by atoms with Gasteiger partial charge in [-0.15, -0.1) is 0 Å². The van der Waals surface area contributed by atoms with Crippen molar-refractivity contribution in [2.45, 2.75) is 6.61 Å². The second-order valence-corrected chi connectivity index (χ2v) is 10.3. The fourth-order valence-electron chi connectivity index (χ4n) is 3.98. The van der Waals surface area contributed by atoms with Gasteiger partial charge in [-0.25, -0.2) is 4.99 Å². The molecule has 0 bridgehead atoms. The van der Waals surface area contributed by atoms with E-state index in [1.54, 1.807) is 24.1 Å². The Morgan fingerprint density at radius 2 is 1.82 bits per heavy atom. The highest BCUT2D eigenvalue weighted by atomic mass is 35.5. The van der Waals surface area contributed by atoms with Crippen molar-refractivity contribution in [1.29, 1.82) is 0 Å². The molecule has 2 amide bonds. The topological polar surface area (TPSA) is 71.4 Å². The molecular weight excluding hydrogens is 522 g/mol. The molecule has 5 rings (SSSR count). The van der Waals surface area contributed by atoms with Gasteiger partial charge in [-0.1, -0.05) is 41.9 Å². The van der Waals surface area contributed by atoms with Crippen LogP contribution in [0.25, 0.3) is 6.08 Å². The smallest absolute Gasteiger partial charge is 0.266 e. The van der Waals surface area contributed by atoms with Crippen LogP contribution in [0.3, 0.4) is 0 Å². The van der Waals surface area contributed by atoms with Gasteiger partial charge in [-0.2, -0.15) is 0 Å². The van der Waals surface area contributed by atoms with Gasteiger partial charge in [0.15, 0.2) is 5.17 Å². The minimum atomic E-state index is -0.127. The highest BCUT2D eigenvalue weighted by molar-refractivity contribution is 8.18. The first kappa shape index (κ1) is 26.0. The molecule has 194 valence electrons. The van der Waals surface area contributed by atoms with Gasteiger partial charge in [0.25, 0.3) is 11.8 Å². The van der Waals surface area contributed by atoms with Gasteiger partial charge in [0.05, 0.1) is 23.8 Å². The Morgan fingerprint density at radius 3 is 2.55 bits per heavy atom. The first-order valence-electron chi connectivity index (χ1n) is 12.2. The molecule has 0 saturated carbocycles. The molecule has 7 nitrogen and oxygen atoms in total. The molecule has 0 aliphatic carbocycles. The summed E-state index contributed by atoms with van der Waals surface area (Å²) in [5.41, 5.74) is 3.10. The first-order chi connectivity index (χ1) is 18.5. The fourth-order valence-corrected chi connectivity index (χ4v) is 5.09. The second-order valence-electron chi connectivity index (χ2n) is 8.81. The lowest BCUT2D eigenvalue weighted by molar-refractivity contribution is -0.121. The van der Waals surface area contributed by atoms with Gasteiger partial charge >= 0.3 is 0 Å². The minimum Gasteiger partial charge on any atom is -0.489 e. The predicted octanol–water partition coefficient (Wildman–Crippen LogP) is 5.63. The second kappa shape index (κ2) is 11.9. The Morgan fingerprint density at radius 1 is 1.08 bits per heavy atom. The van der Waals surface area contributed by atoms with Crippen LogP contribution in [0.5, 0.6) is 5.75 Å². The van der Waals surface area contributed by atoms with Crippen molar-refractivity contribution in [3.63, 3.8) is 0 Å². The molecule has 2 heterocycles. The van der Waals surface area contributed by atoms with E-state index in [1.165, 1.54) is 16.7 Å². The highest BCUT2D eigenvalue weighted by Gasteiger charge is 2.30. The average Bonchev–Trinajstić information content (AvgIpc) is 3.21. The summed E-state index contributed by atoms with van der Waals surface area (Å²) >= 11 is 7.23. The molecule has 0 aromatic heterocycles. The Balaban J connectivity index is 1.25. The van der Waals surface area contributed by atoms with Gasteiger partial charge in [0.2, 0.25) is 0 Å². The van der Waals surface area contributed by atoms with Gasteiger partial charge in [0, 0.05) is 30.7 Å². The molecule has 2 fully saturated rings. The molecule has 2 aliphatic rings. The zero-order chi connectivity index (χ0) is 26.5. The molecule has 0 radical (unpaired) electrons. The molecule has 0 atom stereocenters. The summed E-state index contributed by atoms with van der Waals surface area (Å²) in [6.07, 6.45) is 1.84. The van der Waals surface area contributed by atoms with E-state index in [0.29, 0.717) is 59.3 Å². The van der Waals surface area contributed by atoms with Crippen LogP contribution in [-0.2, 0) is 16.1 Å². The van der Waals surface area contributed by atoms with Crippen molar-refractivity contribution >= 4 is 52.1 Å². The van der Waals surface area contributed by atoms with E-state index in [4.69, 9.17) is 21.1 Å². The molecular formula is C29H26ClN3O4S. The van der Waals surface area contributed by atoms with Crippen LogP contribution < -0.4 is 4.74 Å². The number of aliphatic imine (C=N–C) groups is 1. The first-order valence-corrected chi connectivity index (χ1v) is 13.4. The van der Waals surface area contributed by atoms with Crippen molar-refractivity contribution in [3.8, 4) is 5.75 Å². The number of carbonyl (C=O) groups is 2. The molecule has 0 N–H and O–H groups in total. The van der Waals surface area contributed by atoms with Crippen LogP contribution in [0, 0.1) is 0 Å². The third-order valence-electron chi connectivity index (χ3n) is 6.12. The van der Waals surface area contributed by atoms with Crippen molar-refractivity contribution in [2.75, 3.05) is 33.4 Å². The Kier molecular flexibility index (Phi) is 8.12. The van der Waals surface area contributed by atoms with Crippen molar-refractivity contribution in [2.24, 2.45) is 4.99 Å². The van der Waals surface area contributed by atoms with Crippen LogP contribution in [0.15, 0.2) is 82.7 Å². The number of likely N-dealkylation sites (N-methyl/N-ethyl adjacent to an activating group) is 1. The maximum Gasteiger partial charge on any atom is 0.266 e. The van der Waals surface area contributed by atoms with Gasteiger partial charge < -0.3 is 14.4 Å². The number of benzene rings is 3. The summed E-state index contributed by atoms with van der Waals surface area (Å²) < 4.78 is 11.2. The van der Waals surface area contributed by atoms with E-state index < -0.39 is 0 Å². The number of thioether (sulfide) groups is 1. The lowest BCUT2D eigenvalue weighted by atomic mass is 10.1. The normalized spacial score (nSPS) is 17.9. The van der Waals surface area contributed by atoms with Gasteiger partial charge in [-0.05, 0) is 71.4 Å². The summed E-state index contributed by atoms with van der Waals surface area (Å²) in [6, 6.07) is 22.3. The summed E-state index contributed by atoms with van der Waals surface area (Å²) in [6.45, 7) is 2.69. The lowest BCUT2D eigenvalue weighted by Crippen LogP contribution is -2.40. The predicted molar refractivity (Wildman–Crippen MR) is 151 cm³/mol. The van der Waals surface area contributed by atoms with E-state index in [-0.39, 0.29) is 11.8 Å². The molecule has 38 heavy (non-hydrogen) atoms. The zero-order valence-corrected chi connectivity index (χ0v) is 22.4. The molecule has 2 saturated heterocycles. The van der Waals surface area contributed by atoms with E-state index in [2.05, 4.69) is 4.99 Å². The summed E-state index contributed by atoms with van der Waals surface area (Å²) in [5, 5.41) is 1.25. The monoisotopic (exact) mass is 547 g/mol. The number of halogens is 1. The zero-order valence-electron chi connectivity index (χ0n) is 20.8. The maximum atomic E-state index is 12.9. The van der Waals surface area contributed by atoms with E-state index in [0.717, 1.165) is 16.9 Å². The largest absolute Gasteiger partial charge is 0.489 e. The van der Waals surface area contributed by atoms with Gasteiger partial charge in [-0.3, -0.25) is 14.5 Å². The molecule has 0 unspecified atom stereocenters. The quantitative estimate of drug-likeness (QED) is 0.374. The number of ether oxygens (including phenoxy) is 2. The third-order valence-corrected chi connectivity index (χ3v) is 7.43. The summed E-state index contributed by atoms with van der Waals surface area (Å²) in [4.78, 5) is 34.3. The van der Waals surface area contributed by atoms with Crippen LogP contribution in [-0.4, -0.2) is 60.1 Å². The van der Waals surface area contributed by atoms with Crippen LogP contribution in [0.4, 0.5) is 5.69 Å². The number of morpholine rings is 1. The lowest BCUT2D eigenvalue weighted by Gasteiger charge is -2.26. The Labute approximate surface area is 230 Å². The van der Waals surface area contributed by atoms with Crippen molar-refractivity contribution < 1.29 is 19.1 Å². The summed E-state index contributed by atoms with van der Waals surface area (Å²) in [5.74, 6) is 0.566. The van der Waals surface area contributed by atoms with Crippen LogP contribution >= 0.6 is 23.4 Å². The van der Waals surface area contributed by atoms with Crippen molar-refractivity contribution in [1.82, 2.24) is 9.80 Å². The molecule has 3 aromatic carbocycles. The number of rotatable bonds is 6. The number of amides is 2. The average molecular weight is 548 g/mol. The number of nitrogens with zero attached hydrogens (tertiary/aromatic N) is 3. The SMILES string of the molecule is CN1C(=O)/C(=C\c2ccc(OCc3ccc(Cl)cc3)cc2)SC1=Nc1cccc(C(=O)N2CCOCC2)c1. The molecule has 3 aromatic rings. The highest BCUT2D eigenvalue weighted by Crippen LogP contribution is 2.33. The number of hydrogen-bond acceptors (Lipinski definition) is 6. The van der Waals surface area contributed by atoms with E-state index in [1.807, 2.05) is 66.7 Å². The molecule has 2 aliphatic heterocycles. The molecule has 9 heteroatoms. The van der Waals surface area contributed by atoms with E-state index in [9.17, 15) is 9.59 Å². The third kappa shape index (κ3) is 6.27. The van der Waals surface area contributed by atoms with Gasteiger partial charge in [0.1, 0.15) is 12.4 Å². The van der Waals surface area contributed by atoms with Crippen molar-refractivity contribution in [3.05, 3.63) is 99.4 Å². The van der Waals surface area contributed by atoms with Crippen LogP contribution in [0.1, 0.15) is 21.5 Å². The Bertz CT molecular complexity index is 1380. The Hall–Kier alpha value is -3.59. The standard InChI is InChI=1S/C29H26ClN3O4S/c1-32-28(35)26(17-20-7-11-25(12-8-20)37-19-21-5-9-23(30)10-6-21)38-29(32)31-24-4-2-3-22(18-24)27(34)33-13-15-36-16-14-33/h2-12,17-18H,13-16,19H2,1H3/b26-17+,31-29?. The fraction of sp³-hybridized carbons (Fsp3) is 0.207. The molecule has 0 spiro atoms. The number of carbonyl (C=O) groups excluding carboxylic acids is 2. The summed E-state index contributed by atoms with van der Waals surface area (Å²) in [7, 11) is 1.70.